The maximum Gasteiger partial charge on any atom is 0.417 e. The quantitative estimate of drug-likeness (QED) is 0.388. The van der Waals surface area contributed by atoms with Gasteiger partial charge in [-0.15, -0.1) is 0 Å². The third-order valence-corrected chi connectivity index (χ3v) is 4.50. The zero-order valence-corrected chi connectivity index (χ0v) is 16.2. The van der Waals surface area contributed by atoms with Crippen LogP contribution in [0, 0.1) is 5.82 Å². The maximum absolute atomic E-state index is 13.9. The molecule has 3 aromatic rings. The molecule has 3 aromatic carbocycles. The van der Waals surface area contributed by atoms with Gasteiger partial charge in [-0.25, -0.2) is 4.39 Å². The number of rotatable bonds is 5. The van der Waals surface area contributed by atoms with Gasteiger partial charge in [0.1, 0.15) is 17.3 Å². The van der Waals surface area contributed by atoms with E-state index in [1.807, 2.05) is 0 Å². The van der Waals surface area contributed by atoms with Crippen molar-refractivity contribution in [3.05, 3.63) is 88.2 Å². The molecule has 164 valence electrons. The molecule has 0 unspecified atom stereocenters. The van der Waals surface area contributed by atoms with E-state index in [0.717, 1.165) is 18.2 Å². The van der Waals surface area contributed by atoms with E-state index in [4.69, 9.17) is 16.3 Å². The number of nitrogens with one attached hydrogen (secondary N) is 1. The second kappa shape index (κ2) is 8.66. The Morgan fingerprint density at radius 1 is 0.806 bits per heavy atom. The van der Waals surface area contributed by atoms with Crippen molar-refractivity contribution in [2.75, 3.05) is 5.32 Å². The number of benzene rings is 3. The summed E-state index contributed by atoms with van der Waals surface area (Å²) in [7, 11) is 0. The van der Waals surface area contributed by atoms with E-state index in [0.29, 0.717) is 17.8 Å². The van der Waals surface area contributed by atoms with E-state index in [1.165, 1.54) is 24.3 Å². The molecule has 0 amide bonds. The molecule has 10 heteroatoms. The van der Waals surface area contributed by atoms with E-state index in [-0.39, 0.29) is 23.6 Å². The highest BCUT2D eigenvalue weighted by atomic mass is 35.5. The number of anilines is 1. The van der Waals surface area contributed by atoms with Crippen molar-refractivity contribution in [3.8, 4) is 11.5 Å². The average molecular weight is 464 g/mol. The summed E-state index contributed by atoms with van der Waals surface area (Å²) < 4.78 is 96.7. The van der Waals surface area contributed by atoms with E-state index in [1.54, 1.807) is 6.07 Å². The monoisotopic (exact) mass is 463 g/mol. The summed E-state index contributed by atoms with van der Waals surface area (Å²) in [6.45, 7) is -0.252. The van der Waals surface area contributed by atoms with Gasteiger partial charge in [0, 0.05) is 23.9 Å². The minimum Gasteiger partial charge on any atom is -0.457 e. The molecule has 0 fully saturated rings. The highest BCUT2D eigenvalue weighted by molar-refractivity contribution is 6.31. The lowest BCUT2D eigenvalue weighted by atomic mass is 10.1. The molecule has 0 bridgehead atoms. The first-order valence-electron chi connectivity index (χ1n) is 8.67. The van der Waals surface area contributed by atoms with Gasteiger partial charge in [-0.05, 0) is 48.5 Å². The van der Waals surface area contributed by atoms with Gasteiger partial charge in [0.2, 0.25) is 0 Å². The van der Waals surface area contributed by atoms with E-state index >= 15 is 0 Å². The molecule has 0 aromatic heterocycles. The number of halogens is 8. The van der Waals surface area contributed by atoms with Crippen molar-refractivity contribution in [2.45, 2.75) is 18.9 Å². The third-order valence-electron chi connectivity index (χ3n) is 4.17. The van der Waals surface area contributed by atoms with Crippen molar-refractivity contribution in [1.82, 2.24) is 0 Å². The van der Waals surface area contributed by atoms with E-state index in [9.17, 15) is 30.7 Å². The highest BCUT2D eigenvalue weighted by Gasteiger charge is 2.33. The van der Waals surface area contributed by atoms with Crippen LogP contribution in [0.25, 0.3) is 0 Å². The molecule has 0 aliphatic heterocycles. The van der Waals surface area contributed by atoms with Crippen LogP contribution in [0.1, 0.15) is 16.7 Å². The van der Waals surface area contributed by atoms with Crippen molar-refractivity contribution in [1.29, 1.82) is 0 Å². The van der Waals surface area contributed by atoms with Crippen LogP contribution in [0.5, 0.6) is 11.5 Å². The van der Waals surface area contributed by atoms with Gasteiger partial charge in [-0.2, -0.15) is 26.3 Å². The zero-order chi connectivity index (χ0) is 22.8. The molecule has 2 nitrogen and oxygen atoms in total. The molecule has 0 aliphatic carbocycles. The van der Waals surface area contributed by atoms with Crippen molar-refractivity contribution in [2.24, 2.45) is 0 Å². The number of alkyl halides is 6. The molecule has 0 radical (unpaired) electrons. The Morgan fingerprint density at radius 3 is 2.19 bits per heavy atom. The number of ether oxygens (including phenoxy) is 1. The molecule has 0 atom stereocenters. The fraction of sp³-hybridized carbons (Fsp3) is 0.143. The Morgan fingerprint density at radius 2 is 1.52 bits per heavy atom. The first-order valence-corrected chi connectivity index (χ1v) is 9.05. The van der Waals surface area contributed by atoms with Gasteiger partial charge >= 0.3 is 12.4 Å². The molecule has 0 aliphatic rings. The largest absolute Gasteiger partial charge is 0.457 e. The predicted octanol–water partition coefficient (Wildman–Crippen LogP) is 7.92. The summed E-state index contributed by atoms with van der Waals surface area (Å²) in [5, 5.41) is 2.29. The van der Waals surface area contributed by atoms with E-state index in [2.05, 4.69) is 5.32 Å². The Kier molecular flexibility index (Phi) is 6.35. The minimum atomic E-state index is -4.66. The molecular weight excluding hydrogens is 451 g/mol. The average Bonchev–Trinajstić information content (AvgIpc) is 2.67. The van der Waals surface area contributed by atoms with Crippen molar-refractivity contribution >= 4 is 17.3 Å². The summed E-state index contributed by atoms with van der Waals surface area (Å²) in [6.07, 6.45) is -9.26. The third kappa shape index (κ3) is 5.81. The second-order valence-electron chi connectivity index (χ2n) is 6.43. The minimum absolute atomic E-state index is 0.113. The van der Waals surface area contributed by atoms with E-state index < -0.39 is 34.3 Å². The molecule has 0 spiro atoms. The molecule has 1 N–H and O–H groups in total. The van der Waals surface area contributed by atoms with Crippen molar-refractivity contribution in [3.63, 3.8) is 0 Å². The van der Waals surface area contributed by atoms with Gasteiger partial charge in [-0.3, -0.25) is 0 Å². The summed E-state index contributed by atoms with van der Waals surface area (Å²) in [6, 6.07) is 11.1. The van der Waals surface area contributed by atoms with Gasteiger partial charge in [-0.1, -0.05) is 17.7 Å². The van der Waals surface area contributed by atoms with Crippen molar-refractivity contribution < 1.29 is 35.5 Å². The van der Waals surface area contributed by atoms with Gasteiger partial charge in [0.15, 0.2) is 0 Å². The Labute approximate surface area is 177 Å². The lowest BCUT2D eigenvalue weighted by Crippen LogP contribution is -2.08. The molecule has 0 saturated heterocycles. The lowest BCUT2D eigenvalue weighted by molar-refractivity contribution is -0.138. The van der Waals surface area contributed by atoms with Crippen LogP contribution in [-0.4, -0.2) is 0 Å². The standard InChI is InChI=1S/C21H13ClF7NO/c22-18-6-5-16(10-17(18)21(27,28)29)31-15-3-1-2-14(9-15)30-11-12-8-13(20(24,25)26)4-7-19(12)23/h1-10,30H,11H2. The smallest absolute Gasteiger partial charge is 0.417 e. The number of hydrogen-bond acceptors (Lipinski definition) is 2. The van der Waals surface area contributed by atoms with Gasteiger partial charge in [0.25, 0.3) is 0 Å². The fourth-order valence-electron chi connectivity index (χ4n) is 2.67. The Balaban J connectivity index is 1.75. The molecule has 3 rings (SSSR count). The predicted molar refractivity (Wildman–Crippen MR) is 102 cm³/mol. The fourth-order valence-corrected chi connectivity index (χ4v) is 2.90. The highest BCUT2D eigenvalue weighted by Crippen LogP contribution is 2.38. The molecule has 31 heavy (non-hydrogen) atoms. The van der Waals surface area contributed by atoms with Crippen LogP contribution in [0.2, 0.25) is 5.02 Å². The van der Waals surface area contributed by atoms with Crippen LogP contribution in [0.15, 0.2) is 60.7 Å². The normalized spacial score (nSPS) is 12.0. The van der Waals surface area contributed by atoms with Crippen LogP contribution >= 0.6 is 11.6 Å². The zero-order valence-electron chi connectivity index (χ0n) is 15.4. The van der Waals surface area contributed by atoms with Gasteiger partial charge in [0.05, 0.1) is 16.1 Å². The first kappa shape index (κ1) is 22.7. The van der Waals surface area contributed by atoms with Crippen LogP contribution in [-0.2, 0) is 18.9 Å². The second-order valence-corrected chi connectivity index (χ2v) is 6.83. The first-order chi connectivity index (χ1) is 14.4. The molecule has 0 saturated carbocycles. The summed E-state index contributed by atoms with van der Waals surface area (Å²) in [5.74, 6) is -0.767. The summed E-state index contributed by atoms with van der Waals surface area (Å²) in [5.41, 5.74) is -1.88. The van der Waals surface area contributed by atoms with Crippen LogP contribution in [0.3, 0.4) is 0 Å². The number of hydrogen-bond donors (Lipinski definition) is 1. The topological polar surface area (TPSA) is 21.3 Å². The summed E-state index contributed by atoms with van der Waals surface area (Å²) >= 11 is 5.57. The molecular formula is C21H13ClF7NO. The Bertz CT molecular complexity index is 1080. The lowest BCUT2D eigenvalue weighted by Gasteiger charge is -2.13. The SMILES string of the molecule is Fc1ccc(C(F)(F)F)cc1CNc1cccc(Oc2ccc(Cl)c(C(F)(F)F)c2)c1. The summed E-state index contributed by atoms with van der Waals surface area (Å²) in [4.78, 5) is 0. The molecule has 0 heterocycles. The maximum atomic E-state index is 13.9. The van der Waals surface area contributed by atoms with Crippen LogP contribution in [0.4, 0.5) is 36.4 Å². The Hall–Kier alpha value is -2.94. The van der Waals surface area contributed by atoms with Gasteiger partial charge < -0.3 is 10.1 Å². The van der Waals surface area contributed by atoms with Crippen LogP contribution < -0.4 is 10.1 Å².